The van der Waals surface area contributed by atoms with Crippen LogP contribution in [0.1, 0.15) is 0 Å². The molecule has 0 aromatic heterocycles. The summed E-state index contributed by atoms with van der Waals surface area (Å²) in [5.74, 6) is 0. The van der Waals surface area contributed by atoms with Gasteiger partial charge in [-0.3, -0.25) is 0 Å². The first-order valence-electron chi connectivity index (χ1n) is 6.82. The van der Waals surface area contributed by atoms with E-state index in [0.29, 0.717) is 0 Å². The standard InChI is InChI=1S/C16H23NSi2/c1-18(2,15-11-7-5-8-12-15)17-19(3,4)16-13-9-6-10-14-16/h5-14,17H,1-4H3. The van der Waals surface area contributed by atoms with Crippen molar-refractivity contribution in [3.63, 3.8) is 0 Å². The monoisotopic (exact) mass is 285 g/mol. The molecule has 0 bridgehead atoms. The van der Waals surface area contributed by atoms with E-state index in [1.165, 1.54) is 10.4 Å². The van der Waals surface area contributed by atoms with E-state index in [9.17, 15) is 0 Å². The number of hydrogen-bond donors (Lipinski definition) is 1. The molecule has 2 aromatic carbocycles. The second-order valence-electron chi connectivity index (χ2n) is 6.11. The van der Waals surface area contributed by atoms with Crippen LogP contribution in [0.25, 0.3) is 0 Å². The molecule has 2 aromatic rings. The minimum Gasteiger partial charge on any atom is -0.353 e. The van der Waals surface area contributed by atoms with Crippen molar-refractivity contribution in [2.45, 2.75) is 26.2 Å². The van der Waals surface area contributed by atoms with E-state index in [-0.39, 0.29) is 0 Å². The zero-order valence-electron chi connectivity index (χ0n) is 12.3. The lowest BCUT2D eigenvalue weighted by Gasteiger charge is -2.35. The third-order valence-electron chi connectivity index (χ3n) is 3.62. The van der Waals surface area contributed by atoms with Gasteiger partial charge in [0.2, 0.25) is 0 Å². The lowest BCUT2D eigenvalue weighted by atomic mass is 10.4. The first-order valence-corrected chi connectivity index (χ1v) is 12.8. The number of rotatable bonds is 4. The molecule has 0 spiro atoms. The first-order chi connectivity index (χ1) is 8.92. The van der Waals surface area contributed by atoms with Gasteiger partial charge in [0.15, 0.2) is 0 Å². The lowest BCUT2D eigenvalue weighted by molar-refractivity contribution is 1.34. The average molecular weight is 286 g/mol. The van der Waals surface area contributed by atoms with Crippen LogP contribution in [0.4, 0.5) is 0 Å². The Balaban J connectivity index is 2.25. The van der Waals surface area contributed by atoms with E-state index in [0.717, 1.165) is 0 Å². The van der Waals surface area contributed by atoms with Gasteiger partial charge >= 0.3 is 0 Å². The SMILES string of the molecule is C[Si](C)(N[Si](C)(C)c1ccccc1)c1ccccc1. The van der Waals surface area contributed by atoms with E-state index >= 15 is 0 Å². The Labute approximate surface area is 118 Å². The molecule has 100 valence electrons. The second kappa shape index (κ2) is 5.45. The molecule has 3 heteroatoms. The highest BCUT2D eigenvalue weighted by atomic mass is 28.4. The summed E-state index contributed by atoms with van der Waals surface area (Å²) in [5.41, 5.74) is 0. The van der Waals surface area contributed by atoms with Crippen LogP contribution < -0.4 is 15.0 Å². The van der Waals surface area contributed by atoms with Crippen LogP contribution in [0.5, 0.6) is 0 Å². The van der Waals surface area contributed by atoms with Gasteiger partial charge in [-0.2, -0.15) is 0 Å². The van der Waals surface area contributed by atoms with Crippen molar-refractivity contribution < 1.29 is 0 Å². The number of hydrogen-bond acceptors (Lipinski definition) is 1. The molecular weight excluding hydrogens is 262 g/mol. The zero-order valence-corrected chi connectivity index (χ0v) is 14.3. The molecule has 0 radical (unpaired) electrons. The summed E-state index contributed by atoms with van der Waals surface area (Å²) < 4.78 is 4.04. The molecule has 0 fully saturated rings. The van der Waals surface area contributed by atoms with Gasteiger partial charge in [0.25, 0.3) is 0 Å². The number of benzene rings is 2. The van der Waals surface area contributed by atoms with E-state index in [2.05, 4.69) is 91.5 Å². The molecule has 0 aliphatic rings. The summed E-state index contributed by atoms with van der Waals surface area (Å²) in [5, 5.41) is 2.96. The fourth-order valence-corrected chi connectivity index (χ4v) is 12.1. The van der Waals surface area contributed by atoms with Crippen molar-refractivity contribution in [2.75, 3.05) is 0 Å². The molecule has 0 aliphatic carbocycles. The van der Waals surface area contributed by atoms with Crippen molar-refractivity contribution in [3.8, 4) is 0 Å². The van der Waals surface area contributed by atoms with Crippen molar-refractivity contribution in [1.29, 1.82) is 0 Å². The third kappa shape index (κ3) is 3.44. The molecule has 0 atom stereocenters. The van der Waals surface area contributed by atoms with Crippen molar-refractivity contribution in [2.24, 2.45) is 0 Å². The van der Waals surface area contributed by atoms with Gasteiger partial charge in [-0.1, -0.05) is 86.9 Å². The Hall–Kier alpha value is -1.17. The highest BCUT2D eigenvalue weighted by Gasteiger charge is 2.33. The maximum atomic E-state index is 4.04. The average Bonchev–Trinajstić information content (AvgIpc) is 2.40. The maximum absolute atomic E-state index is 4.04. The van der Waals surface area contributed by atoms with E-state index in [1.807, 2.05) is 0 Å². The van der Waals surface area contributed by atoms with Crippen molar-refractivity contribution in [1.82, 2.24) is 4.65 Å². The van der Waals surface area contributed by atoms with Crippen LogP contribution in [0.2, 0.25) is 26.2 Å². The van der Waals surface area contributed by atoms with Gasteiger partial charge in [-0.15, -0.1) is 0 Å². The highest BCUT2D eigenvalue weighted by molar-refractivity contribution is 7.02. The fourth-order valence-electron chi connectivity index (χ4n) is 2.64. The predicted molar refractivity (Wildman–Crippen MR) is 90.3 cm³/mol. The molecule has 0 saturated carbocycles. The summed E-state index contributed by atoms with van der Waals surface area (Å²) in [7, 11) is -3.17. The van der Waals surface area contributed by atoms with Crippen molar-refractivity contribution >= 4 is 26.8 Å². The summed E-state index contributed by atoms with van der Waals surface area (Å²) in [6, 6.07) is 21.8. The maximum Gasteiger partial charge on any atom is 0.145 e. The highest BCUT2D eigenvalue weighted by Crippen LogP contribution is 2.07. The predicted octanol–water partition coefficient (Wildman–Crippen LogP) is 2.80. The molecule has 1 N–H and O–H groups in total. The van der Waals surface area contributed by atoms with Gasteiger partial charge in [-0.05, 0) is 10.4 Å². The lowest BCUT2D eigenvalue weighted by Crippen LogP contribution is -2.69. The Kier molecular flexibility index (Phi) is 4.08. The largest absolute Gasteiger partial charge is 0.353 e. The molecule has 0 saturated heterocycles. The van der Waals surface area contributed by atoms with Crippen molar-refractivity contribution in [3.05, 3.63) is 60.7 Å². The minimum absolute atomic E-state index is 1.48. The first kappa shape index (κ1) is 14.2. The zero-order chi connectivity index (χ0) is 13.9. The van der Waals surface area contributed by atoms with Crippen LogP contribution >= 0.6 is 0 Å². The summed E-state index contributed by atoms with van der Waals surface area (Å²) in [6.07, 6.45) is 0. The Morgan fingerprint density at radius 1 is 0.579 bits per heavy atom. The topological polar surface area (TPSA) is 12.0 Å². The van der Waals surface area contributed by atoms with E-state index < -0.39 is 16.5 Å². The van der Waals surface area contributed by atoms with Gasteiger partial charge in [0.1, 0.15) is 16.5 Å². The summed E-state index contributed by atoms with van der Waals surface area (Å²) in [4.78, 5) is 0. The molecule has 1 nitrogen and oxygen atoms in total. The Morgan fingerprint density at radius 2 is 0.895 bits per heavy atom. The van der Waals surface area contributed by atoms with Crippen LogP contribution in [-0.4, -0.2) is 16.5 Å². The smallest absolute Gasteiger partial charge is 0.145 e. The van der Waals surface area contributed by atoms with Crippen LogP contribution in [0.3, 0.4) is 0 Å². The molecule has 0 heterocycles. The third-order valence-corrected chi connectivity index (χ3v) is 12.2. The van der Waals surface area contributed by atoms with Crippen LogP contribution in [-0.2, 0) is 0 Å². The summed E-state index contributed by atoms with van der Waals surface area (Å²) >= 11 is 0. The van der Waals surface area contributed by atoms with Gasteiger partial charge < -0.3 is 4.65 Å². The van der Waals surface area contributed by atoms with Gasteiger partial charge in [-0.25, -0.2) is 0 Å². The molecule has 0 aliphatic heterocycles. The van der Waals surface area contributed by atoms with E-state index in [4.69, 9.17) is 0 Å². The minimum atomic E-state index is -1.59. The Morgan fingerprint density at radius 3 is 1.21 bits per heavy atom. The van der Waals surface area contributed by atoms with Gasteiger partial charge in [0.05, 0.1) is 0 Å². The Bertz CT molecular complexity index is 471. The molecular formula is C16H23NSi2. The fraction of sp³-hybridized carbons (Fsp3) is 0.250. The van der Waals surface area contributed by atoms with Crippen LogP contribution in [0, 0.1) is 0 Å². The van der Waals surface area contributed by atoms with Gasteiger partial charge in [0, 0.05) is 0 Å². The summed E-state index contributed by atoms with van der Waals surface area (Å²) in [6.45, 7) is 9.61. The van der Waals surface area contributed by atoms with E-state index in [1.54, 1.807) is 0 Å². The molecule has 0 unspecified atom stereocenters. The quantitative estimate of drug-likeness (QED) is 0.852. The molecule has 0 amide bonds. The van der Waals surface area contributed by atoms with Crippen LogP contribution in [0.15, 0.2) is 60.7 Å². The molecule has 2 rings (SSSR count). The number of nitrogens with one attached hydrogen (secondary N) is 1. The normalized spacial score (nSPS) is 12.4. The second-order valence-corrected chi connectivity index (χ2v) is 14.8. The molecule has 19 heavy (non-hydrogen) atoms.